The summed E-state index contributed by atoms with van der Waals surface area (Å²) < 4.78 is 31.1. The van der Waals surface area contributed by atoms with Crippen molar-refractivity contribution in [3.63, 3.8) is 0 Å². The Morgan fingerprint density at radius 3 is 2.88 bits per heavy atom. The Bertz CT molecular complexity index is 1190. The molecule has 11 heteroatoms. The minimum Gasteiger partial charge on any atom is -0.478 e. The lowest BCUT2D eigenvalue weighted by atomic mass is 10.0. The SMILES string of the molecule is O=C(O)c1cccc(F)c1CCc1nc2nc(O[C@@H]3CO[C@H]4[C@@H]3OC[C@H]4O)[nH]c2cc1Cl. The number of nitrogens with zero attached hydrogens (tertiary/aromatic N) is 2. The van der Waals surface area contributed by atoms with Crippen LogP contribution in [0.2, 0.25) is 5.02 Å². The normalized spacial score (nSPS) is 24.7. The molecule has 2 saturated heterocycles. The van der Waals surface area contributed by atoms with E-state index >= 15 is 0 Å². The lowest BCUT2D eigenvalue weighted by Crippen LogP contribution is -2.34. The number of aryl methyl sites for hydroxylation is 1. The van der Waals surface area contributed by atoms with Crippen LogP contribution in [0.25, 0.3) is 11.2 Å². The van der Waals surface area contributed by atoms with Crippen LogP contribution in [0, 0.1) is 5.82 Å². The molecule has 2 aliphatic rings. The fraction of sp³-hybridized carbons (Fsp3) is 0.381. The molecule has 0 unspecified atom stereocenters. The number of ether oxygens (including phenoxy) is 3. The van der Waals surface area contributed by atoms with Gasteiger partial charge in [-0.05, 0) is 31.0 Å². The predicted molar refractivity (Wildman–Crippen MR) is 110 cm³/mol. The highest BCUT2D eigenvalue weighted by Crippen LogP contribution is 2.30. The highest BCUT2D eigenvalue weighted by Gasteiger charge is 2.48. The van der Waals surface area contributed by atoms with Crippen molar-refractivity contribution in [1.29, 1.82) is 0 Å². The number of carboxylic acid groups (broad SMARTS) is 1. The largest absolute Gasteiger partial charge is 0.478 e. The molecule has 0 aliphatic carbocycles. The molecule has 9 nitrogen and oxygen atoms in total. The molecular formula is C21H19ClFN3O6. The van der Waals surface area contributed by atoms with E-state index in [1.807, 2.05) is 0 Å². The number of H-pyrrole nitrogens is 1. The summed E-state index contributed by atoms with van der Waals surface area (Å²) in [5, 5.41) is 19.5. The van der Waals surface area contributed by atoms with Gasteiger partial charge >= 0.3 is 5.97 Å². The van der Waals surface area contributed by atoms with Gasteiger partial charge in [-0.1, -0.05) is 17.7 Å². The molecule has 0 radical (unpaired) electrons. The van der Waals surface area contributed by atoms with Crippen molar-refractivity contribution in [2.75, 3.05) is 13.2 Å². The number of aliphatic hydroxyl groups excluding tert-OH is 1. The van der Waals surface area contributed by atoms with Crippen LogP contribution in [0.1, 0.15) is 21.6 Å². The number of pyridine rings is 1. The van der Waals surface area contributed by atoms with E-state index in [1.165, 1.54) is 18.2 Å². The molecular weight excluding hydrogens is 445 g/mol. The van der Waals surface area contributed by atoms with Crippen LogP contribution in [-0.4, -0.2) is 68.8 Å². The van der Waals surface area contributed by atoms with Crippen molar-refractivity contribution >= 4 is 28.7 Å². The molecule has 2 aromatic heterocycles. The van der Waals surface area contributed by atoms with Gasteiger partial charge in [-0.25, -0.2) is 14.2 Å². The topological polar surface area (TPSA) is 127 Å². The second-order valence-electron chi connectivity index (χ2n) is 7.72. The number of aromatic amines is 1. The van der Waals surface area contributed by atoms with Gasteiger partial charge in [0.25, 0.3) is 6.01 Å². The van der Waals surface area contributed by atoms with E-state index in [0.29, 0.717) is 21.9 Å². The zero-order valence-electron chi connectivity index (χ0n) is 16.6. The number of carbonyl (C=O) groups is 1. The number of hydrogen-bond acceptors (Lipinski definition) is 7. The molecule has 3 aromatic rings. The number of aliphatic hydroxyl groups is 1. The summed E-state index contributed by atoms with van der Waals surface area (Å²) in [6.45, 7) is 0.457. The minimum absolute atomic E-state index is 0.0889. The molecule has 32 heavy (non-hydrogen) atoms. The maximum Gasteiger partial charge on any atom is 0.336 e. The lowest BCUT2D eigenvalue weighted by Gasteiger charge is -2.15. The average Bonchev–Trinajstić information content (AvgIpc) is 3.44. The van der Waals surface area contributed by atoms with Crippen molar-refractivity contribution in [3.8, 4) is 6.01 Å². The van der Waals surface area contributed by atoms with Gasteiger partial charge in [0, 0.05) is 5.56 Å². The Balaban J connectivity index is 1.34. The summed E-state index contributed by atoms with van der Waals surface area (Å²) in [5.41, 5.74) is 1.37. The molecule has 0 saturated carbocycles. The number of nitrogens with one attached hydrogen (secondary N) is 1. The van der Waals surface area contributed by atoms with Gasteiger partial charge in [0.05, 0.1) is 35.0 Å². The molecule has 0 spiro atoms. The maximum atomic E-state index is 14.2. The van der Waals surface area contributed by atoms with Gasteiger partial charge in [0.2, 0.25) is 0 Å². The van der Waals surface area contributed by atoms with E-state index < -0.39 is 30.1 Å². The fourth-order valence-corrected chi connectivity index (χ4v) is 4.35. The number of aromatic carboxylic acids is 1. The highest BCUT2D eigenvalue weighted by molar-refractivity contribution is 6.31. The second kappa shape index (κ2) is 8.28. The molecule has 4 heterocycles. The van der Waals surface area contributed by atoms with Gasteiger partial charge in [0.15, 0.2) is 11.8 Å². The maximum absolute atomic E-state index is 14.2. The van der Waals surface area contributed by atoms with E-state index in [-0.39, 0.29) is 49.3 Å². The van der Waals surface area contributed by atoms with E-state index in [9.17, 15) is 19.4 Å². The first-order valence-corrected chi connectivity index (χ1v) is 10.4. The molecule has 168 valence electrons. The van der Waals surface area contributed by atoms with E-state index in [4.69, 9.17) is 25.8 Å². The van der Waals surface area contributed by atoms with Gasteiger partial charge in [-0.3, -0.25) is 0 Å². The third-order valence-corrected chi connectivity index (χ3v) is 6.01. The summed E-state index contributed by atoms with van der Waals surface area (Å²) in [6.07, 6.45) is -1.56. The number of carboxylic acids is 1. The first-order chi connectivity index (χ1) is 15.4. The molecule has 5 rings (SSSR count). The summed E-state index contributed by atoms with van der Waals surface area (Å²) in [6, 6.07) is 5.80. The molecule has 0 bridgehead atoms. The van der Waals surface area contributed by atoms with Crippen molar-refractivity contribution in [1.82, 2.24) is 15.0 Å². The number of imidazole rings is 1. The van der Waals surface area contributed by atoms with E-state index in [1.54, 1.807) is 6.07 Å². The second-order valence-corrected chi connectivity index (χ2v) is 8.13. The number of halogens is 2. The monoisotopic (exact) mass is 463 g/mol. The van der Waals surface area contributed by atoms with Crippen LogP contribution in [0.15, 0.2) is 24.3 Å². The third-order valence-electron chi connectivity index (χ3n) is 5.68. The van der Waals surface area contributed by atoms with Crippen LogP contribution in [0.5, 0.6) is 6.01 Å². The van der Waals surface area contributed by atoms with Crippen molar-refractivity contribution in [2.24, 2.45) is 0 Å². The molecule has 4 atom stereocenters. The van der Waals surface area contributed by atoms with Crippen molar-refractivity contribution in [3.05, 3.63) is 51.9 Å². The van der Waals surface area contributed by atoms with Gasteiger partial charge in [-0.15, -0.1) is 0 Å². The zero-order chi connectivity index (χ0) is 22.4. The van der Waals surface area contributed by atoms with Crippen molar-refractivity contribution in [2.45, 2.75) is 37.3 Å². The first-order valence-electron chi connectivity index (χ1n) is 10.0. The van der Waals surface area contributed by atoms with Crippen LogP contribution >= 0.6 is 11.6 Å². The Kier molecular flexibility index (Phi) is 5.46. The highest BCUT2D eigenvalue weighted by atomic mass is 35.5. The van der Waals surface area contributed by atoms with Gasteiger partial charge < -0.3 is 29.4 Å². The molecule has 1 aromatic carbocycles. The summed E-state index contributed by atoms with van der Waals surface area (Å²) in [5.74, 6) is -1.78. The number of rotatable bonds is 6. The quantitative estimate of drug-likeness (QED) is 0.507. The molecule has 2 aliphatic heterocycles. The summed E-state index contributed by atoms with van der Waals surface area (Å²) >= 11 is 6.35. The van der Waals surface area contributed by atoms with Crippen LogP contribution < -0.4 is 4.74 Å². The molecule has 0 amide bonds. The van der Waals surface area contributed by atoms with Crippen LogP contribution in [-0.2, 0) is 22.3 Å². The summed E-state index contributed by atoms with van der Waals surface area (Å²) in [4.78, 5) is 23.2. The standard InChI is InChI=1S/C21H19ClFN3O6/c22-11-6-14-19(24-13(11)5-4-9-10(20(28)29)2-1-3-12(9)23)26-21(25-14)32-16-8-31-17-15(27)7-30-18(16)17/h1-3,6,15-18,27H,4-5,7-8H2,(H,28,29)(H,24,25,26)/t15-,16-,17-,18-/m1/s1. The summed E-state index contributed by atoms with van der Waals surface area (Å²) in [7, 11) is 0. The Morgan fingerprint density at radius 2 is 2.06 bits per heavy atom. The number of aromatic nitrogens is 3. The van der Waals surface area contributed by atoms with Crippen molar-refractivity contribution < 1.29 is 33.6 Å². The number of benzene rings is 1. The zero-order valence-corrected chi connectivity index (χ0v) is 17.4. The number of fused-ring (bicyclic) bond motifs is 2. The predicted octanol–water partition coefficient (Wildman–Crippen LogP) is 2.14. The Hall–Kier alpha value is -2.79. The van der Waals surface area contributed by atoms with Gasteiger partial charge in [-0.2, -0.15) is 4.98 Å². The van der Waals surface area contributed by atoms with Crippen LogP contribution in [0.4, 0.5) is 4.39 Å². The van der Waals surface area contributed by atoms with E-state index in [2.05, 4.69) is 15.0 Å². The Labute approximate surface area is 186 Å². The first kappa shape index (κ1) is 21.1. The van der Waals surface area contributed by atoms with E-state index in [0.717, 1.165) is 0 Å². The lowest BCUT2D eigenvalue weighted by molar-refractivity contribution is 0.00706. The average molecular weight is 464 g/mol. The minimum atomic E-state index is -1.19. The van der Waals surface area contributed by atoms with Crippen LogP contribution in [0.3, 0.4) is 0 Å². The molecule has 2 fully saturated rings. The Morgan fingerprint density at radius 1 is 1.25 bits per heavy atom. The smallest absolute Gasteiger partial charge is 0.336 e. The number of hydrogen-bond donors (Lipinski definition) is 3. The fourth-order valence-electron chi connectivity index (χ4n) is 4.11. The molecule has 3 N–H and O–H groups in total. The van der Waals surface area contributed by atoms with Gasteiger partial charge in [0.1, 0.15) is 24.1 Å². The third kappa shape index (κ3) is 3.79.